The Hall–Kier alpha value is -2.05. The smallest absolute Gasteiger partial charge is 0.279 e. The van der Waals surface area contributed by atoms with Crippen molar-refractivity contribution in [1.29, 1.82) is 0 Å². The van der Waals surface area contributed by atoms with Crippen LogP contribution in [0.5, 0.6) is 0 Å². The second-order valence-corrected chi connectivity index (χ2v) is 9.13. The minimum atomic E-state index is -4.60. The lowest BCUT2D eigenvalue weighted by Gasteiger charge is -2.22. The molecule has 0 aliphatic carbocycles. The van der Waals surface area contributed by atoms with Crippen molar-refractivity contribution in [3.63, 3.8) is 0 Å². The largest absolute Gasteiger partial charge is 0.406 e. The summed E-state index contributed by atoms with van der Waals surface area (Å²) in [7, 11) is -2.62. The number of thiazole rings is 1. The third-order valence-corrected chi connectivity index (χ3v) is 6.71. The van der Waals surface area contributed by atoms with Crippen LogP contribution in [0.3, 0.4) is 0 Å². The zero-order chi connectivity index (χ0) is 21.8. The summed E-state index contributed by atoms with van der Waals surface area (Å²) in [5.74, 6) is -1.39. The van der Waals surface area contributed by atoms with E-state index in [1.165, 1.54) is 12.4 Å². The molecular formula is C17H19F4N3O3S2. The lowest BCUT2D eigenvalue weighted by Crippen LogP contribution is -2.39. The molecule has 1 amide bonds. The monoisotopic (exact) mass is 453 g/mol. The standard InChI is InChI=1S/C17H19F4N3O3S2/c1-12-10-28-16(22-12)24(11-17(19,20)21)15(25)4-3-9-23(2)29(26,27)14-7-5-13(18)6-8-14/h5-8,10H,3-4,9,11H2,1-2H3. The first-order valence-electron chi connectivity index (χ1n) is 8.41. The van der Waals surface area contributed by atoms with Gasteiger partial charge in [-0.3, -0.25) is 9.69 Å². The van der Waals surface area contributed by atoms with Crippen molar-refractivity contribution in [3.05, 3.63) is 41.2 Å². The van der Waals surface area contributed by atoms with Crippen LogP contribution in [-0.2, 0) is 14.8 Å². The molecular weight excluding hydrogens is 434 g/mol. The van der Waals surface area contributed by atoms with Crippen molar-refractivity contribution in [2.45, 2.75) is 30.8 Å². The van der Waals surface area contributed by atoms with Gasteiger partial charge < -0.3 is 0 Å². The Kier molecular flexibility index (Phi) is 7.35. The van der Waals surface area contributed by atoms with Crippen LogP contribution >= 0.6 is 11.3 Å². The highest BCUT2D eigenvalue weighted by atomic mass is 32.2. The molecule has 0 N–H and O–H groups in total. The van der Waals surface area contributed by atoms with Crippen molar-refractivity contribution in [2.24, 2.45) is 0 Å². The molecule has 29 heavy (non-hydrogen) atoms. The number of rotatable bonds is 8. The maximum atomic E-state index is 13.0. The van der Waals surface area contributed by atoms with Gasteiger partial charge in [-0.05, 0) is 37.6 Å². The van der Waals surface area contributed by atoms with E-state index in [4.69, 9.17) is 0 Å². The number of anilines is 1. The lowest BCUT2D eigenvalue weighted by atomic mass is 10.3. The summed E-state index contributed by atoms with van der Waals surface area (Å²) in [4.78, 5) is 16.7. The maximum Gasteiger partial charge on any atom is 0.406 e. The van der Waals surface area contributed by atoms with Gasteiger partial charge in [-0.2, -0.15) is 13.2 Å². The number of hydrogen-bond acceptors (Lipinski definition) is 5. The van der Waals surface area contributed by atoms with Crippen molar-refractivity contribution in [2.75, 3.05) is 25.0 Å². The van der Waals surface area contributed by atoms with E-state index >= 15 is 0 Å². The van der Waals surface area contributed by atoms with Crippen LogP contribution in [0.25, 0.3) is 0 Å². The highest BCUT2D eigenvalue weighted by molar-refractivity contribution is 7.89. The fraction of sp³-hybridized carbons (Fsp3) is 0.412. The average Bonchev–Trinajstić information content (AvgIpc) is 3.05. The van der Waals surface area contributed by atoms with E-state index in [0.717, 1.165) is 39.9 Å². The second-order valence-electron chi connectivity index (χ2n) is 6.25. The molecule has 2 aromatic rings. The number of alkyl halides is 3. The van der Waals surface area contributed by atoms with Crippen LogP contribution in [0.4, 0.5) is 22.7 Å². The summed E-state index contributed by atoms with van der Waals surface area (Å²) in [6.45, 7) is 0.0379. The quantitative estimate of drug-likeness (QED) is 0.573. The molecule has 1 aromatic heterocycles. The van der Waals surface area contributed by atoms with Crippen LogP contribution in [0.15, 0.2) is 34.5 Å². The molecule has 160 valence electrons. The number of halogens is 4. The van der Waals surface area contributed by atoms with Gasteiger partial charge in [-0.25, -0.2) is 22.1 Å². The molecule has 1 aromatic carbocycles. The fourth-order valence-electron chi connectivity index (χ4n) is 2.40. The summed E-state index contributed by atoms with van der Waals surface area (Å²) >= 11 is 0.926. The minimum Gasteiger partial charge on any atom is -0.279 e. The lowest BCUT2D eigenvalue weighted by molar-refractivity contribution is -0.132. The van der Waals surface area contributed by atoms with Crippen molar-refractivity contribution in [1.82, 2.24) is 9.29 Å². The fourth-order valence-corrected chi connectivity index (χ4v) is 4.43. The zero-order valence-electron chi connectivity index (χ0n) is 15.6. The van der Waals surface area contributed by atoms with Crippen LogP contribution in [0, 0.1) is 12.7 Å². The van der Waals surface area contributed by atoms with E-state index in [1.54, 1.807) is 6.92 Å². The SMILES string of the molecule is Cc1csc(N(CC(F)(F)F)C(=O)CCCN(C)S(=O)(=O)c2ccc(F)cc2)n1. The molecule has 0 saturated carbocycles. The van der Waals surface area contributed by atoms with E-state index in [1.807, 2.05) is 0 Å². The van der Waals surface area contributed by atoms with Crippen LogP contribution in [-0.4, -0.2) is 49.9 Å². The summed E-state index contributed by atoms with van der Waals surface area (Å²) in [5.41, 5.74) is 0.495. The van der Waals surface area contributed by atoms with Gasteiger partial charge in [0.15, 0.2) is 5.13 Å². The molecule has 0 bridgehead atoms. The molecule has 0 radical (unpaired) electrons. The molecule has 12 heteroatoms. The number of nitrogens with zero attached hydrogens (tertiary/aromatic N) is 3. The van der Waals surface area contributed by atoms with Gasteiger partial charge in [-0.15, -0.1) is 11.3 Å². The summed E-state index contributed by atoms with van der Waals surface area (Å²) < 4.78 is 77.3. The number of aromatic nitrogens is 1. The van der Waals surface area contributed by atoms with E-state index in [2.05, 4.69) is 4.98 Å². The third kappa shape index (κ3) is 6.47. The highest BCUT2D eigenvalue weighted by Gasteiger charge is 2.35. The number of hydrogen-bond donors (Lipinski definition) is 0. The average molecular weight is 453 g/mol. The Bertz CT molecular complexity index is 944. The molecule has 2 rings (SSSR count). The second kappa shape index (κ2) is 9.18. The topological polar surface area (TPSA) is 70.6 Å². The Morgan fingerprint density at radius 2 is 1.83 bits per heavy atom. The Morgan fingerprint density at radius 1 is 1.21 bits per heavy atom. The van der Waals surface area contributed by atoms with E-state index in [0.29, 0.717) is 10.6 Å². The minimum absolute atomic E-state index is 0.00841. The third-order valence-electron chi connectivity index (χ3n) is 3.86. The molecule has 1 heterocycles. The first-order valence-corrected chi connectivity index (χ1v) is 10.7. The molecule has 0 unspecified atom stereocenters. The van der Waals surface area contributed by atoms with Gasteiger partial charge >= 0.3 is 6.18 Å². The molecule has 0 saturated heterocycles. The first kappa shape index (κ1) is 23.2. The van der Waals surface area contributed by atoms with Gasteiger partial charge in [0.2, 0.25) is 15.9 Å². The molecule has 0 aliphatic rings. The zero-order valence-corrected chi connectivity index (χ0v) is 17.2. The highest BCUT2D eigenvalue weighted by Crippen LogP contribution is 2.26. The van der Waals surface area contributed by atoms with Crippen molar-refractivity contribution in [3.8, 4) is 0 Å². The van der Waals surface area contributed by atoms with Crippen LogP contribution < -0.4 is 4.90 Å². The predicted molar refractivity (Wildman–Crippen MR) is 101 cm³/mol. The van der Waals surface area contributed by atoms with Crippen molar-refractivity contribution >= 4 is 32.4 Å². The Labute approximate surface area is 169 Å². The van der Waals surface area contributed by atoms with E-state index in [-0.39, 0.29) is 29.4 Å². The number of carbonyl (C=O) groups is 1. The maximum absolute atomic E-state index is 13.0. The van der Waals surface area contributed by atoms with Gasteiger partial charge in [0.25, 0.3) is 0 Å². The Morgan fingerprint density at radius 3 is 2.34 bits per heavy atom. The predicted octanol–water partition coefficient (Wildman–Crippen LogP) is 3.59. The Balaban J connectivity index is 2.01. The number of amides is 1. The van der Waals surface area contributed by atoms with E-state index < -0.39 is 34.5 Å². The van der Waals surface area contributed by atoms with Gasteiger partial charge in [0.05, 0.1) is 10.6 Å². The molecule has 0 spiro atoms. The summed E-state index contributed by atoms with van der Waals surface area (Å²) in [6, 6.07) is 4.24. The number of carbonyl (C=O) groups excluding carboxylic acids is 1. The summed E-state index contributed by atoms with van der Waals surface area (Å²) in [5, 5.41) is 1.48. The van der Waals surface area contributed by atoms with Gasteiger partial charge in [0.1, 0.15) is 12.4 Å². The number of sulfonamides is 1. The molecule has 0 fully saturated rings. The summed E-state index contributed by atoms with van der Waals surface area (Å²) in [6.07, 6.45) is -4.88. The van der Waals surface area contributed by atoms with E-state index in [9.17, 15) is 30.8 Å². The van der Waals surface area contributed by atoms with Crippen molar-refractivity contribution < 1.29 is 30.8 Å². The van der Waals surface area contributed by atoms with Gasteiger partial charge in [-0.1, -0.05) is 0 Å². The first-order chi connectivity index (χ1) is 13.4. The normalized spacial score (nSPS) is 12.4. The van der Waals surface area contributed by atoms with Crippen LogP contribution in [0.1, 0.15) is 18.5 Å². The van der Waals surface area contributed by atoms with Crippen LogP contribution in [0.2, 0.25) is 0 Å². The molecule has 6 nitrogen and oxygen atoms in total. The molecule has 0 atom stereocenters. The number of benzene rings is 1. The molecule has 0 aliphatic heterocycles. The van der Waals surface area contributed by atoms with Gasteiger partial charge in [0, 0.05) is 25.4 Å². The number of aryl methyl sites for hydroxylation is 1.